The second-order valence-corrected chi connectivity index (χ2v) is 7.85. The Balaban J connectivity index is 1.68. The van der Waals surface area contributed by atoms with Gasteiger partial charge in [0, 0.05) is 21.7 Å². The third kappa shape index (κ3) is 5.11. The third-order valence-electron chi connectivity index (χ3n) is 4.39. The highest BCUT2D eigenvalue weighted by Crippen LogP contribution is 2.25. The highest BCUT2D eigenvalue weighted by molar-refractivity contribution is 8.00. The number of Topliss-reactive ketones (excluding diaryl/α,β-unsaturated/α-hetero) is 1. The number of thioether (sulfide) groups is 1. The number of ketones is 1. The number of rotatable bonds is 7. The standard InChI is InChI=1S/C24H23NO2S/c1-17(2)21-13-6-7-14-22(21)25-24(27)19-11-8-12-20(15-19)28-16-23(26)18-9-4-3-5-10-18/h3-15,17H,16H2,1-2H3,(H,25,27). The third-order valence-corrected chi connectivity index (χ3v) is 5.39. The molecule has 0 spiro atoms. The number of carbonyl (C=O) groups is 2. The fourth-order valence-electron chi connectivity index (χ4n) is 2.89. The van der Waals surface area contributed by atoms with Gasteiger partial charge in [0.2, 0.25) is 0 Å². The SMILES string of the molecule is CC(C)c1ccccc1NC(=O)c1cccc(SCC(=O)c2ccccc2)c1. The van der Waals surface area contributed by atoms with E-state index < -0.39 is 0 Å². The van der Waals surface area contributed by atoms with Crippen LogP contribution in [0.25, 0.3) is 0 Å². The molecule has 0 atom stereocenters. The van der Waals surface area contributed by atoms with Crippen molar-refractivity contribution in [1.29, 1.82) is 0 Å². The van der Waals surface area contributed by atoms with Gasteiger partial charge in [0.15, 0.2) is 5.78 Å². The first-order valence-corrected chi connectivity index (χ1v) is 10.2. The van der Waals surface area contributed by atoms with Gasteiger partial charge in [-0.05, 0) is 35.7 Å². The molecule has 1 N–H and O–H groups in total. The van der Waals surface area contributed by atoms with E-state index in [4.69, 9.17) is 0 Å². The zero-order valence-electron chi connectivity index (χ0n) is 16.0. The van der Waals surface area contributed by atoms with Crippen LogP contribution in [0.1, 0.15) is 46.0 Å². The zero-order chi connectivity index (χ0) is 19.9. The van der Waals surface area contributed by atoms with Crippen molar-refractivity contribution in [3.8, 4) is 0 Å². The molecule has 1 amide bonds. The maximum atomic E-state index is 12.7. The van der Waals surface area contributed by atoms with Crippen LogP contribution in [0.15, 0.2) is 83.8 Å². The Hall–Kier alpha value is -2.85. The van der Waals surface area contributed by atoms with E-state index in [9.17, 15) is 9.59 Å². The fourth-order valence-corrected chi connectivity index (χ4v) is 3.74. The van der Waals surface area contributed by atoms with Gasteiger partial charge < -0.3 is 5.32 Å². The Bertz CT molecular complexity index is 967. The first-order valence-electron chi connectivity index (χ1n) is 9.26. The molecular weight excluding hydrogens is 366 g/mol. The molecule has 0 unspecified atom stereocenters. The zero-order valence-corrected chi connectivity index (χ0v) is 16.8. The van der Waals surface area contributed by atoms with Crippen LogP contribution in [0, 0.1) is 0 Å². The molecule has 28 heavy (non-hydrogen) atoms. The summed E-state index contributed by atoms with van der Waals surface area (Å²) in [7, 11) is 0. The lowest BCUT2D eigenvalue weighted by Crippen LogP contribution is -2.13. The Kier molecular flexibility index (Phi) is 6.66. The second kappa shape index (κ2) is 9.38. The Labute approximate surface area is 170 Å². The summed E-state index contributed by atoms with van der Waals surface area (Å²) in [5.41, 5.74) is 3.22. The number of nitrogens with one attached hydrogen (secondary N) is 1. The minimum absolute atomic E-state index is 0.0753. The number of amides is 1. The summed E-state index contributed by atoms with van der Waals surface area (Å²) < 4.78 is 0. The van der Waals surface area contributed by atoms with Crippen molar-refractivity contribution >= 4 is 29.1 Å². The lowest BCUT2D eigenvalue weighted by molar-refractivity contribution is 0.101. The summed E-state index contributed by atoms with van der Waals surface area (Å²) in [5, 5.41) is 3.01. The average molecular weight is 390 g/mol. The van der Waals surface area contributed by atoms with Gasteiger partial charge in [0.1, 0.15) is 0 Å². The minimum atomic E-state index is -0.148. The van der Waals surface area contributed by atoms with E-state index in [1.807, 2.05) is 72.8 Å². The predicted molar refractivity (Wildman–Crippen MR) is 116 cm³/mol. The van der Waals surface area contributed by atoms with Crippen molar-refractivity contribution < 1.29 is 9.59 Å². The quantitative estimate of drug-likeness (QED) is 0.396. The summed E-state index contributed by atoms with van der Waals surface area (Å²) in [6.45, 7) is 4.21. The lowest BCUT2D eigenvalue weighted by atomic mass is 10.0. The van der Waals surface area contributed by atoms with Crippen LogP contribution < -0.4 is 5.32 Å². The molecule has 0 radical (unpaired) electrons. The molecule has 3 nitrogen and oxygen atoms in total. The van der Waals surface area contributed by atoms with Crippen molar-refractivity contribution in [3.05, 3.63) is 95.6 Å². The summed E-state index contributed by atoms with van der Waals surface area (Å²) in [6, 6.07) is 24.5. The molecular formula is C24H23NO2S. The van der Waals surface area contributed by atoms with Crippen molar-refractivity contribution in [2.45, 2.75) is 24.7 Å². The molecule has 0 heterocycles. The van der Waals surface area contributed by atoms with Crippen molar-refractivity contribution in [3.63, 3.8) is 0 Å². The average Bonchev–Trinajstić information content (AvgIpc) is 2.73. The maximum Gasteiger partial charge on any atom is 0.255 e. The number of benzene rings is 3. The van der Waals surface area contributed by atoms with E-state index in [1.54, 1.807) is 6.07 Å². The number of hydrogen-bond acceptors (Lipinski definition) is 3. The normalized spacial score (nSPS) is 10.7. The molecule has 0 aliphatic carbocycles. The maximum absolute atomic E-state index is 12.7. The number of carbonyl (C=O) groups excluding carboxylic acids is 2. The molecule has 0 saturated heterocycles. The monoisotopic (exact) mass is 389 g/mol. The Morgan fingerprint density at radius 2 is 1.54 bits per heavy atom. The smallest absolute Gasteiger partial charge is 0.255 e. The lowest BCUT2D eigenvalue weighted by Gasteiger charge is -2.14. The van der Waals surface area contributed by atoms with E-state index >= 15 is 0 Å². The molecule has 142 valence electrons. The highest BCUT2D eigenvalue weighted by atomic mass is 32.2. The van der Waals surface area contributed by atoms with Gasteiger partial charge in [-0.2, -0.15) is 0 Å². The molecule has 0 aromatic heterocycles. The summed E-state index contributed by atoms with van der Waals surface area (Å²) in [6.07, 6.45) is 0. The minimum Gasteiger partial charge on any atom is -0.322 e. The molecule has 0 fully saturated rings. The summed E-state index contributed by atoms with van der Waals surface area (Å²) in [4.78, 5) is 25.9. The van der Waals surface area contributed by atoms with E-state index in [1.165, 1.54) is 11.8 Å². The van der Waals surface area contributed by atoms with Gasteiger partial charge >= 0.3 is 0 Å². The molecule has 0 saturated carbocycles. The summed E-state index contributed by atoms with van der Waals surface area (Å²) >= 11 is 1.44. The van der Waals surface area contributed by atoms with Crippen LogP contribution in [0.5, 0.6) is 0 Å². The van der Waals surface area contributed by atoms with E-state index in [0.29, 0.717) is 22.8 Å². The van der Waals surface area contributed by atoms with Gasteiger partial charge in [-0.1, -0.05) is 68.4 Å². The first kappa shape index (κ1) is 19.9. The fraction of sp³-hybridized carbons (Fsp3) is 0.167. The summed E-state index contributed by atoms with van der Waals surface area (Å²) in [5.74, 6) is 0.587. The van der Waals surface area contributed by atoms with E-state index in [2.05, 4.69) is 19.2 Å². The molecule has 3 rings (SSSR count). The number of anilines is 1. The van der Waals surface area contributed by atoms with E-state index in [0.717, 1.165) is 16.1 Å². The van der Waals surface area contributed by atoms with Gasteiger partial charge in [-0.3, -0.25) is 9.59 Å². The van der Waals surface area contributed by atoms with Crippen molar-refractivity contribution in [1.82, 2.24) is 0 Å². The van der Waals surface area contributed by atoms with Gasteiger partial charge in [-0.15, -0.1) is 11.8 Å². The molecule has 3 aromatic rings. The van der Waals surface area contributed by atoms with Gasteiger partial charge in [0.05, 0.1) is 5.75 Å². The number of hydrogen-bond donors (Lipinski definition) is 1. The van der Waals surface area contributed by atoms with Crippen LogP contribution >= 0.6 is 11.8 Å². The largest absolute Gasteiger partial charge is 0.322 e. The molecule has 0 aliphatic heterocycles. The van der Waals surface area contributed by atoms with Crippen LogP contribution in [0.4, 0.5) is 5.69 Å². The van der Waals surface area contributed by atoms with Crippen LogP contribution in [-0.2, 0) is 0 Å². The molecule has 4 heteroatoms. The predicted octanol–water partition coefficient (Wildman–Crippen LogP) is 6.04. The molecule has 0 aliphatic rings. The highest BCUT2D eigenvalue weighted by Gasteiger charge is 2.12. The van der Waals surface area contributed by atoms with Crippen LogP contribution in [0.3, 0.4) is 0 Å². The number of para-hydroxylation sites is 1. The second-order valence-electron chi connectivity index (χ2n) is 6.80. The van der Waals surface area contributed by atoms with Crippen molar-refractivity contribution in [2.24, 2.45) is 0 Å². The van der Waals surface area contributed by atoms with Crippen LogP contribution in [0.2, 0.25) is 0 Å². The molecule has 3 aromatic carbocycles. The Morgan fingerprint density at radius 3 is 2.29 bits per heavy atom. The first-order chi connectivity index (χ1) is 13.5. The Morgan fingerprint density at radius 1 is 0.857 bits per heavy atom. The topological polar surface area (TPSA) is 46.2 Å². The van der Waals surface area contributed by atoms with Gasteiger partial charge in [-0.25, -0.2) is 0 Å². The van der Waals surface area contributed by atoms with E-state index in [-0.39, 0.29) is 11.7 Å². The van der Waals surface area contributed by atoms with Crippen molar-refractivity contribution in [2.75, 3.05) is 11.1 Å². The molecule has 0 bridgehead atoms. The van der Waals surface area contributed by atoms with Gasteiger partial charge in [0.25, 0.3) is 5.91 Å². The van der Waals surface area contributed by atoms with Crippen LogP contribution in [-0.4, -0.2) is 17.4 Å².